The Morgan fingerprint density at radius 2 is 2.17 bits per heavy atom. The van der Waals surface area contributed by atoms with Crippen LogP contribution in [0.2, 0.25) is 0 Å². The van der Waals surface area contributed by atoms with E-state index in [1.807, 2.05) is 0 Å². The molecule has 3 heterocycles. The highest BCUT2D eigenvalue weighted by atomic mass is 19.4. The van der Waals surface area contributed by atoms with Crippen LogP contribution in [0.3, 0.4) is 0 Å². The zero-order valence-corrected chi connectivity index (χ0v) is 16.6. The summed E-state index contributed by atoms with van der Waals surface area (Å²) in [5.41, 5.74) is -0.825. The normalized spacial score (nSPS) is 17.0. The second-order valence-electron chi connectivity index (χ2n) is 7.22. The molecule has 3 rings (SSSR count). The van der Waals surface area contributed by atoms with Crippen LogP contribution in [-0.4, -0.2) is 53.5 Å². The predicted octanol–water partition coefficient (Wildman–Crippen LogP) is 2.71. The van der Waals surface area contributed by atoms with Gasteiger partial charge in [-0.3, -0.25) is 9.59 Å². The summed E-state index contributed by atoms with van der Waals surface area (Å²) in [5, 5.41) is 6.18. The Kier molecular flexibility index (Phi) is 6.28. The van der Waals surface area contributed by atoms with Gasteiger partial charge >= 0.3 is 6.18 Å². The first-order valence-corrected chi connectivity index (χ1v) is 9.40. The van der Waals surface area contributed by atoms with E-state index in [0.29, 0.717) is 25.1 Å². The zero-order valence-electron chi connectivity index (χ0n) is 16.6. The standard InChI is InChI=1S/C19H22F3N5O3/c1-12-9-15(25-30-12)24-16(28)11-26(2)18(29)13-5-4-8-27(10-13)17-14(19(20,21)22)6-3-7-23-17/h3,6-7,9,13H,4-5,8,10-11H2,1-2H3,(H,24,25,28). The van der Waals surface area contributed by atoms with E-state index in [1.165, 1.54) is 29.1 Å². The number of hydrogen-bond donors (Lipinski definition) is 1. The highest BCUT2D eigenvalue weighted by molar-refractivity contribution is 5.94. The number of hydrogen-bond acceptors (Lipinski definition) is 6. The SMILES string of the molecule is Cc1cc(NC(=O)CN(C)C(=O)C2CCCN(c3ncccc3C(F)(F)F)C2)no1. The molecule has 2 aromatic heterocycles. The number of nitrogens with one attached hydrogen (secondary N) is 1. The number of carbonyl (C=O) groups excluding carboxylic acids is 2. The van der Waals surface area contributed by atoms with Gasteiger partial charge in [-0.05, 0) is 31.9 Å². The molecule has 8 nitrogen and oxygen atoms in total. The van der Waals surface area contributed by atoms with Gasteiger partial charge in [0.05, 0.1) is 18.0 Å². The number of aromatic nitrogens is 2. The Bertz CT molecular complexity index is 915. The first-order valence-electron chi connectivity index (χ1n) is 9.40. The average molecular weight is 425 g/mol. The molecule has 2 amide bonds. The smallest absolute Gasteiger partial charge is 0.360 e. The monoisotopic (exact) mass is 425 g/mol. The molecule has 162 valence electrons. The molecular formula is C19H22F3N5O3. The summed E-state index contributed by atoms with van der Waals surface area (Å²) in [7, 11) is 1.48. The number of rotatable bonds is 5. The van der Waals surface area contributed by atoms with Crippen molar-refractivity contribution in [3.05, 3.63) is 35.7 Å². The predicted molar refractivity (Wildman–Crippen MR) is 102 cm³/mol. The minimum atomic E-state index is -4.53. The molecule has 2 aromatic rings. The summed E-state index contributed by atoms with van der Waals surface area (Å²) in [6.45, 7) is 1.95. The van der Waals surface area contributed by atoms with Gasteiger partial charge < -0.3 is 19.6 Å². The molecule has 0 bridgehead atoms. The Labute approximate surface area is 171 Å². The van der Waals surface area contributed by atoms with E-state index in [4.69, 9.17) is 4.52 Å². The van der Waals surface area contributed by atoms with E-state index in [2.05, 4.69) is 15.5 Å². The summed E-state index contributed by atoms with van der Waals surface area (Å²) in [6.07, 6.45) is -2.16. The van der Waals surface area contributed by atoms with E-state index >= 15 is 0 Å². The molecule has 1 aliphatic rings. The van der Waals surface area contributed by atoms with Gasteiger partial charge in [-0.25, -0.2) is 4.98 Å². The molecule has 1 saturated heterocycles. The van der Waals surface area contributed by atoms with Crippen molar-refractivity contribution >= 4 is 23.5 Å². The lowest BCUT2D eigenvalue weighted by molar-refractivity contribution is -0.137. The average Bonchev–Trinajstić information content (AvgIpc) is 3.11. The molecule has 1 N–H and O–H groups in total. The second-order valence-corrected chi connectivity index (χ2v) is 7.22. The minimum Gasteiger partial charge on any atom is -0.360 e. The number of aryl methyl sites for hydroxylation is 1. The molecule has 0 aliphatic carbocycles. The summed E-state index contributed by atoms with van der Waals surface area (Å²) in [6, 6.07) is 3.77. The van der Waals surface area contributed by atoms with Crippen molar-refractivity contribution in [1.82, 2.24) is 15.0 Å². The maximum Gasteiger partial charge on any atom is 0.419 e. The minimum absolute atomic E-state index is 0.105. The van der Waals surface area contributed by atoms with Crippen LogP contribution in [0, 0.1) is 12.8 Å². The molecule has 1 aliphatic heterocycles. The first-order chi connectivity index (χ1) is 14.1. The number of piperidine rings is 1. The van der Waals surface area contributed by atoms with Crippen molar-refractivity contribution in [1.29, 1.82) is 0 Å². The highest BCUT2D eigenvalue weighted by Gasteiger charge is 2.37. The quantitative estimate of drug-likeness (QED) is 0.792. The Morgan fingerprint density at radius 3 is 2.83 bits per heavy atom. The topological polar surface area (TPSA) is 91.6 Å². The van der Waals surface area contributed by atoms with E-state index in [1.54, 1.807) is 13.0 Å². The fourth-order valence-electron chi connectivity index (χ4n) is 3.45. The summed E-state index contributed by atoms with van der Waals surface area (Å²) in [5.74, 6) is -0.688. The second kappa shape index (κ2) is 8.72. The van der Waals surface area contributed by atoms with E-state index in [-0.39, 0.29) is 30.6 Å². The highest BCUT2D eigenvalue weighted by Crippen LogP contribution is 2.36. The van der Waals surface area contributed by atoms with E-state index in [0.717, 1.165) is 6.07 Å². The van der Waals surface area contributed by atoms with Gasteiger partial charge in [-0.2, -0.15) is 13.2 Å². The number of pyridine rings is 1. The van der Waals surface area contributed by atoms with Crippen LogP contribution in [0.1, 0.15) is 24.2 Å². The largest absolute Gasteiger partial charge is 0.419 e. The lowest BCUT2D eigenvalue weighted by Gasteiger charge is -2.35. The number of likely N-dealkylation sites (N-methyl/N-ethyl adjacent to an activating group) is 1. The van der Waals surface area contributed by atoms with Crippen LogP contribution in [0.15, 0.2) is 28.9 Å². The van der Waals surface area contributed by atoms with Gasteiger partial charge in [0, 0.05) is 32.4 Å². The Balaban J connectivity index is 1.63. The van der Waals surface area contributed by atoms with Crippen molar-refractivity contribution in [3.8, 4) is 0 Å². The molecule has 0 saturated carbocycles. The maximum absolute atomic E-state index is 13.3. The van der Waals surface area contributed by atoms with Crippen molar-refractivity contribution < 1.29 is 27.3 Å². The summed E-state index contributed by atoms with van der Waals surface area (Å²) >= 11 is 0. The van der Waals surface area contributed by atoms with Crippen LogP contribution in [0.4, 0.5) is 24.8 Å². The van der Waals surface area contributed by atoms with Crippen LogP contribution < -0.4 is 10.2 Å². The lowest BCUT2D eigenvalue weighted by Crippen LogP contribution is -2.46. The van der Waals surface area contributed by atoms with E-state index < -0.39 is 23.6 Å². The van der Waals surface area contributed by atoms with Crippen LogP contribution >= 0.6 is 0 Å². The van der Waals surface area contributed by atoms with Gasteiger partial charge in [0.15, 0.2) is 5.82 Å². The molecule has 1 unspecified atom stereocenters. The number of alkyl halides is 3. The van der Waals surface area contributed by atoms with Crippen LogP contribution in [0.25, 0.3) is 0 Å². The molecule has 11 heteroatoms. The molecule has 0 aromatic carbocycles. The third-order valence-electron chi connectivity index (χ3n) is 4.81. The van der Waals surface area contributed by atoms with Crippen LogP contribution in [0.5, 0.6) is 0 Å². The summed E-state index contributed by atoms with van der Waals surface area (Å²) in [4.78, 5) is 31.6. The molecule has 1 atom stereocenters. The van der Waals surface area contributed by atoms with Crippen molar-refractivity contribution in [3.63, 3.8) is 0 Å². The van der Waals surface area contributed by atoms with Gasteiger partial charge in [0.2, 0.25) is 11.8 Å². The van der Waals surface area contributed by atoms with Crippen molar-refractivity contribution in [2.75, 3.05) is 36.9 Å². The Hall–Kier alpha value is -3.11. The number of halogens is 3. The van der Waals surface area contributed by atoms with E-state index in [9.17, 15) is 22.8 Å². The van der Waals surface area contributed by atoms with Crippen molar-refractivity contribution in [2.45, 2.75) is 25.9 Å². The molecule has 30 heavy (non-hydrogen) atoms. The summed E-state index contributed by atoms with van der Waals surface area (Å²) < 4.78 is 44.8. The number of carbonyl (C=O) groups is 2. The van der Waals surface area contributed by atoms with Crippen LogP contribution in [-0.2, 0) is 15.8 Å². The van der Waals surface area contributed by atoms with Gasteiger partial charge in [0.25, 0.3) is 0 Å². The fourth-order valence-corrected chi connectivity index (χ4v) is 3.45. The number of nitrogens with zero attached hydrogens (tertiary/aromatic N) is 4. The number of anilines is 2. The molecular weight excluding hydrogens is 403 g/mol. The fraction of sp³-hybridized carbons (Fsp3) is 0.474. The third-order valence-corrected chi connectivity index (χ3v) is 4.81. The molecule has 0 spiro atoms. The lowest BCUT2D eigenvalue weighted by atomic mass is 9.96. The number of amides is 2. The molecule has 0 radical (unpaired) electrons. The maximum atomic E-state index is 13.3. The van der Waals surface area contributed by atoms with Gasteiger partial charge in [-0.15, -0.1) is 0 Å². The van der Waals surface area contributed by atoms with Gasteiger partial charge in [-0.1, -0.05) is 5.16 Å². The zero-order chi connectivity index (χ0) is 21.9. The van der Waals surface area contributed by atoms with Gasteiger partial charge in [0.1, 0.15) is 11.6 Å². The van der Waals surface area contributed by atoms with Crippen molar-refractivity contribution in [2.24, 2.45) is 5.92 Å². The Morgan fingerprint density at radius 1 is 1.40 bits per heavy atom. The molecule has 1 fully saturated rings. The third kappa shape index (κ3) is 5.08. The first kappa shape index (κ1) is 21.6.